The number of carbonyl (C=O) groups excluding carboxylic acids is 1. The molecular formula is C13H16F2O3S. The largest absolute Gasteiger partial charge is 0.299 e. The van der Waals surface area contributed by atoms with Gasteiger partial charge in [0, 0.05) is 18.6 Å². The molecule has 1 aromatic carbocycles. The Morgan fingerprint density at radius 1 is 1.21 bits per heavy atom. The molecule has 1 aromatic rings. The Balaban J connectivity index is 2.45. The highest BCUT2D eigenvalue weighted by Crippen LogP contribution is 2.10. The molecule has 0 radical (unpaired) electrons. The molecule has 0 aromatic heterocycles. The lowest BCUT2D eigenvalue weighted by Gasteiger charge is -2.03. The van der Waals surface area contributed by atoms with Gasteiger partial charge in [0.15, 0.2) is 11.6 Å². The van der Waals surface area contributed by atoms with Crippen molar-refractivity contribution in [2.75, 3.05) is 11.5 Å². The van der Waals surface area contributed by atoms with Crippen molar-refractivity contribution in [2.24, 2.45) is 0 Å². The number of rotatable bonds is 7. The molecule has 6 heteroatoms. The molecule has 0 bridgehead atoms. The van der Waals surface area contributed by atoms with Crippen LogP contribution in [0.1, 0.15) is 25.3 Å². The van der Waals surface area contributed by atoms with Gasteiger partial charge in [-0.1, -0.05) is 13.0 Å². The van der Waals surface area contributed by atoms with Gasteiger partial charge in [-0.15, -0.1) is 0 Å². The first-order chi connectivity index (χ1) is 8.84. The summed E-state index contributed by atoms with van der Waals surface area (Å²) in [5.74, 6) is -2.08. The van der Waals surface area contributed by atoms with Gasteiger partial charge in [-0.25, -0.2) is 17.2 Å². The molecule has 1 rings (SSSR count). The van der Waals surface area contributed by atoms with Crippen molar-refractivity contribution in [2.45, 2.75) is 26.2 Å². The van der Waals surface area contributed by atoms with E-state index in [-0.39, 0.29) is 36.6 Å². The van der Waals surface area contributed by atoms with E-state index >= 15 is 0 Å². The van der Waals surface area contributed by atoms with Crippen LogP contribution in [0, 0.1) is 11.6 Å². The first-order valence-corrected chi connectivity index (χ1v) is 7.82. The molecule has 0 saturated carbocycles. The van der Waals surface area contributed by atoms with E-state index in [2.05, 4.69) is 0 Å². The van der Waals surface area contributed by atoms with E-state index in [1.807, 2.05) is 0 Å². The average Bonchev–Trinajstić information content (AvgIpc) is 2.33. The van der Waals surface area contributed by atoms with E-state index in [4.69, 9.17) is 0 Å². The fraction of sp³-hybridized carbons (Fsp3) is 0.462. The summed E-state index contributed by atoms with van der Waals surface area (Å²) in [6, 6.07) is 3.30. The van der Waals surface area contributed by atoms with E-state index in [1.54, 1.807) is 6.92 Å². The van der Waals surface area contributed by atoms with Crippen molar-refractivity contribution in [3.05, 3.63) is 35.4 Å². The molecule has 106 valence electrons. The first-order valence-electron chi connectivity index (χ1n) is 6.00. The maximum absolute atomic E-state index is 12.9. The Hall–Kier alpha value is -1.30. The van der Waals surface area contributed by atoms with Crippen LogP contribution in [-0.4, -0.2) is 25.7 Å². The number of benzene rings is 1. The van der Waals surface area contributed by atoms with Crippen molar-refractivity contribution in [1.29, 1.82) is 0 Å². The SMILES string of the molecule is CCS(=O)(=O)CCCC(=O)Cc1ccc(F)c(F)c1. The van der Waals surface area contributed by atoms with Gasteiger partial charge < -0.3 is 0 Å². The Bertz CT molecular complexity index is 553. The van der Waals surface area contributed by atoms with Gasteiger partial charge in [0.1, 0.15) is 15.6 Å². The highest BCUT2D eigenvalue weighted by atomic mass is 32.2. The molecule has 3 nitrogen and oxygen atoms in total. The number of halogens is 2. The summed E-state index contributed by atoms with van der Waals surface area (Å²) in [7, 11) is -3.06. The molecule has 0 aliphatic rings. The van der Waals surface area contributed by atoms with Gasteiger partial charge in [-0.2, -0.15) is 0 Å². The Morgan fingerprint density at radius 2 is 1.89 bits per heavy atom. The maximum Gasteiger partial charge on any atom is 0.159 e. The number of sulfone groups is 1. The summed E-state index contributed by atoms with van der Waals surface area (Å²) < 4.78 is 48.0. The van der Waals surface area contributed by atoms with E-state index in [0.29, 0.717) is 5.56 Å². The molecule has 0 atom stereocenters. The van der Waals surface area contributed by atoms with Crippen molar-refractivity contribution in [1.82, 2.24) is 0 Å². The Kier molecular flexibility index (Phi) is 5.60. The second kappa shape index (κ2) is 6.75. The lowest BCUT2D eigenvalue weighted by molar-refractivity contribution is -0.118. The molecule has 0 aliphatic carbocycles. The third-order valence-electron chi connectivity index (χ3n) is 2.74. The average molecular weight is 290 g/mol. The number of carbonyl (C=O) groups is 1. The van der Waals surface area contributed by atoms with Gasteiger partial charge in [-0.05, 0) is 24.1 Å². The van der Waals surface area contributed by atoms with Crippen LogP contribution in [0.3, 0.4) is 0 Å². The number of hydrogen-bond donors (Lipinski definition) is 0. The normalized spacial score (nSPS) is 11.5. The van der Waals surface area contributed by atoms with Gasteiger partial charge in [-0.3, -0.25) is 4.79 Å². The summed E-state index contributed by atoms with van der Waals surface area (Å²) in [6.45, 7) is 1.55. The second-order valence-corrected chi connectivity index (χ2v) is 6.78. The summed E-state index contributed by atoms with van der Waals surface area (Å²) in [5.41, 5.74) is 0.391. The van der Waals surface area contributed by atoms with Crippen LogP contribution >= 0.6 is 0 Å². The van der Waals surface area contributed by atoms with Gasteiger partial charge in [0.05, 0.1) is 5.75 Å². The van der Waals surface area contributed by atoms with Crippen LogP contribution in [0.2, 0.25) is 0 Å². The van der Waals surface area contributed by atoms with Crippen LogP contribution in [0.25, 0.3) is 0 Å². The predicted molar refractivity (Wildman–Crippen MR) is 68.6 cm³/mol. The van der Waals surface area contributed by atoms with Crippen molar-refractivity contribution in [3.63, 3.8) is 0 Å². The van der Waals surface area contributed by atoms with E-state index < -0.39 is 21.5 Å². The Labute approximate surface area is 111 Å². The lowest BCUT2D eigenvalue weighted by Crippen LogP contribution is -2.11. The number of Topliss-reactive ketones (excluding diaryl/α,β-unsaturated/α-hetero) is 1. The van der Waals surface area contributed by atoms with Crippen LogP contribution in [0.4, 0.5) is 8.78 Å². The smallest absolute Gasteiger partial charge is 0.159 e. The molecule has 19 heavy (non-hydrogen) atoms. The van der Waals surface area contributed by atoms with Crippen LogP contribution < -0.4 is 0 Å². The zero-order valence-corrected chi connectivity index (χ0v) is 11.5. The highest BCUT2D eigenvalue weighted by molar-refractivity contribution is 7.91. The number of hydrogen-bond acceptors (Lipinski definition) is 3. The summed E-state index contributed by atoms with van der Waals surface area (Å²) in [5, 5.41) is 0. The third-order valence-corrected chi connectivity index (χ3v) is 4.53. The van der Waals surface area contributed by atoms with Gasteiger partial charge in [0.2, 0.25) is 0 Å². The fourth-order valence-corrected chi connectivity index (χ4v) is 2.47. The lowest BCUT2D eigenvalue weighted by atomic mass is 10.1. The molecule has 0 heterocycles. The van der Waals surface area contributed by atoms with Crippen molar-refractivity contribution in [3.8, 4) is 0 Å². The summed E-state index contributed by atoms with van der Waals surface area (Å²) in [6.07, 6.45) is 0.375. The van der Waals surface area contributed by atoms with E-state index in [1.165, 1.54) is 6.07 Å². The summed E-state index contributed by atoms with van der Waals surface area (Å²) in [4.78, 5) is 11.6. The number of ketones is 1. The van der Waals surface area contributed by atoms with Crippen LogP contribution in [0.15, 0.2) is 18.2 Å². The zero-order valence-electron chi connectivity index (χ0n) is 10.7. The monoisotopic (exact) mass is 290 g/mol. The third kappa shape index (κ3) is 5.46. The minimum absolute atomic E-state index is 0.0105. The molecule has 0 spiro atoms. The van der Waals surface area contributed by atoms with E-state index in [9.17, 15) is 22.0 Å². The first kappa shape index (κ1) is 15.8. The molecular weight excluding hydrogens is 274 g/mol. The summed E-state index contributed by atoms with van der Waals surface area (Å²) >= 11 is 0. The minimum Gasteiger partial charge on any atom is -0.299 e. The quantitative estimate of drug-likeness (QED) is 0.774. The molecule has 0 aliphatic heterocycles. The van der Waals surface area contributed by atoms with Gasteiger partial charge >= 0.3 is 0 Å². The van der Waals surface area contributed by atoms with Crippen LogP contribution in [-0.2, 0) is 21.1 Å². The minimum atomic E-state index is -3.06. The predicted octanol–water partition coefficient (Wildman–Crippen LogP) is 2.29. The zero-order chi connectivity index (χ0) is 14.5. The van der Waals surface area contributed by atoms with Crippen molar-refractivity contribution < 1.29 is 22.0 Å². The highest BCUT2D eigenvalue weighted by Gasteiger charge is 2.11. The topological polar surface area (TPSA) is 51.2 Å². The molecule has 0 N–H and O–H groups in total. The molecule has 0 amide bonds. The maximum atomic E-state index is 12.9. The van der Waals surface area contributed by atoms with E-state index in [0.717, 1.165) is 12.1 Å². The Morgan fingerprint density at radius 3 is 2.47 bits per heavy atom. The van der Waals surface area contributed by atoms with Crippen molar-refractivity contribution >= 4 is 15.6 Å². The molecule has 0 saturated heterocycles. The second-order valence-electron chi connectivity index (χ2n) is 4.30. The molecule has 0 fully saturated rings. The fourth-order valence-electron chi connectivity index (χ4n) is 1.60. The van der Waals surface area contributed by atoms with Crippen LogP contribution in [0.5, 0.6) is 0 Å². The molecule has 0 unspecified atom stereocenters. The standard InChI is InChI=1S/C13H16F2O3S/c1-2-19(17,18)7-3-4-11(16)8-10-5-6-12(14)13(15)9-10/h5-6,9H,2-4,7-8H2,1H3. The van der Waals surface area contributed by atoms with Gasteiger partial charge in [0.25, 0.3) is 0 Å².